The molecule has 12 amide bonds. The fraction of sp³-hybridized carbons (Fsp3) is 0.672. The standard InChI is InChI=1S/C64H103N13O15/c1-16-36(12)49(74-54(81)42(26-22-28-65)68-56(83)44-27-23-29-77(44)63(90)47(34(8)9)72-58(85)46(33(6)7)71-61(88)51(38(14)79)66-31-78)60(87)76-52-39(15)92-64(91)48(35(10)11)73-53(80)41(18-3)67-55(82)43(30-40-24-20-19-21-25-40)69-57(84)45(32(4)5)70-59(86)50(37(13)17-2)75-62(52)89/h18-21,24-25,31-39,42-52,79H,16-17,22-23,26-30,65H2,1-15H3,(H,66,78)(H,67,82)(H,68,83)(H,69,84)(H,70,86)(H,71,88)(H,72,85)(H,73,80)(H,74,81)(H,75,89)(H,76,87). The Morgan fingerprint density at radius 1 is 0.696 bits per heavy atom. The fourth-order valence-electron chi connectivity index (χ4n) is 10.5. The third-order valence-corrected chi connectivity index (χ3v) is 16.8. The van der Waals surface area contributed by atoms with Crippen molar-refractivity contribution in [1.82, 2.24) is 63.4 Å². The molecule has 2 heterocycles. The summed E-state index contributed by atoms with van der Waals surface area (Å²) in [5.41, 5.74) is 6.30. The van der Waals surface area contributed by atoms with Crippen LogP contribution in [-0.4, -0.2) is 179 Å². The fourth-order valence-corrected chi connectivity index (χ4v) is 10.5. The molecule has 514 valence electrons. The lowest BCUT2D eigenvalue weighted by Gasteiger charge is -2.33. The molecule has 0 aromatic heterocycles. The lowest BCUT2D eigenvalue weighted by atomic mass is 9.95. The summed E-state index contributed by atoms with van der Waals surface area (Å²) in [7, 11) is 0. The van der Waals surface area contributed by atoms with Gasteiger partial charge in [-0.3, -0.25) is 57.5 Å². The van der Waals surface area contributed by atoms with E-state index in [2.05, 4.69) is 58.5 Å². The quantitative estimate of drug-likeness (QED) is 0.0300. The number of carbonyl (C=O) groups excluding carboxylic acids is 13. The predicted octanol–water partition coefficient (Wildman–Crippen LogP) is -0.501. The van der Waals surface area contributed by atoms with Crippen molar-refractivity contribution in [2.24, 2.45) is 41.2 Å². The number of hydrogen-bond acceptors (Lipinski definition) is 16. The zero-order valence-corrected chi connectivity index (χ0v) is 56.1. The van der Waals surface area contributed by atoms with Gasteiger partial charge in [-0.2, -0.15) is 0 Å². The number of nitrogens with zero attached hydrogens (tertiary/aromatic N) is 1. The molecule has 2 aliphatic heterocycles. The van der Waals surface area contributed by atoms with Gasteiger partial charge in [-0.15, -0.1) is 0 Å². The first kappa shape index (κ1) is 78.2. The van der Waals surface area contributed by atoms with Crippen molar-refractivity contribution in [3.8, 4) is 0 Å². The topological polar surface area (TPSA) is 413 Å². The zero-order chi connectivity index (χ0) is 69.4. The summed E-state index contributed by atoms with van der Waals surface area (Å²) in [6, 6.07) is -6.12. The summed E-state index contributed by atoms with van der Waals surface area (Å²) in [6.07, 6.45) is -0.0585. The number of esters is 1. The largest absolute Gasteiger partial charge is 0.458 e. The summed E-state index contributed by atoms with van der Waals surface area (Å²) in [5, 5.41) is 39.2. The van der Waals surface area contributed by atoms with Gasteiger partial charge in [0.25, 0.3) is 5.91 Å². The highest BCUT2D eigenvalue weighted by Gasteiger charge is 2.44. The van der Waals surface area contributed by atoms with E-state index in [0.717, 1.165) is 0 Å². The van der Waals surface area contributed by atoms with Gasteiger partial charge in [-0.25, -0.2) is 4.79 Å². The second-order valence-corrected chi connectivity index (χ2v) is 25.4. The molecule has 0 radical (unpaired) electrons. The number of aliphatic hydroxyl groups is 1. The van der Waals surface area contributed by atoms with E-state index in [4.69, 9.17) is 10.5 Å². The maximum Gasteiger partial charge on any atom is 0.329 e. The van der Waals surface area contributed by atoms with Gasteiger partial charge >= 0.3 is 5.97 Å². The molecule has 1 aromatic rings. The number of rotatable bonds is 27. The molecule has 28 heteroatoms. The molecule has 92 heavy (non-hydrogen) atoms. The number of nitrogens with two attached hydrogens (primary N) is 1. The van der Waals surface area contributed by atoms with Gasteiger partial charge in [0, 0.05) is 13.0 Å². The van der Waals surface area contributed by atoms with E-state index >= 15 is 0 Å². The van der Waals surface area contributed by atoms with Gasteiger partial charge in [-0.05, 0) is 94.1 Å². The van der Waals surface area contributed by atoms with Gasteiger partial charge in [0.1, 0.15) is 78.3 Å². The van der Waals surface area contributed by atoms with Crippen molar-refractivity contribution in [3.63, 3.8) is 0 Å². The molecule has 15 atom stereocenters. The second-order valence-electron chi connectivity index (χ2n) is 25.4. The average molecular weight is 1290 g/mol. The average Bonchev–Trinajstić information content (AvgIpc) is 1.55. The highest BCUT2D eigenvalue weighted by Crippen LogP contribution is 2.23. The number of amides is 12. The molecular weight excluding hydrogens is 1190 g/mol. The number of carbonyl (C=O) groups is 13. The molecule has 1 aromatic carbocycles. The van der Waals surface area contributed by atoms with Crippen LogP contribution in [0.15, 0.2) is 42.1 Å². The SMILES string of the molecule is CC=C1NC(=O)C(Cc2ccccc2)NC(=O)C(C(C)C)NC(=O)C(C(C)CC)NC(=O)C(NC(=O)C(NC(=O)C(CCCN)NC(=O)C2CCCN2C(=O)C(NC(=O)C(NC(=O)C(NC=O)C(C)O)C(C)C)C(C)C)C(C)CC)C(C)OC(=O)C(C(C)C)NC1=O. The van der Waals surface area contributed by atoms with Gasteiger partial charge in [-0.1, -0.05) is 132 Å². The first-order chi connectivity index (χ1) is 43.3. The monoisotopic (exact) mass is 1290 g/mol. The van der Waals surface area contributed by atoms with Crippen molar-refractivity contribution >= 4 is 77.4 Å². The minimum absolute atomic E-state index is 0.0292. The maximum absolute atomic E-state index is 15.0. The number of aliphatic hydroxyl groups excluding tert-OH is 1. The van der Waals surface area contributed by atoms with E-state index in [1.54, 1.807) is 113 Å². The van der Waals surface area contributed by atoms with Crippen molar-refractivity contribution < 1.29 is 72.2 Å². The molecule has 2 aliphatic rings. The van der Waals surface area contributed by atoms with Crippen molar-refractivity contribution in [1.29, 1.82) is 0 Å². The number of benzene rings is 1. The molecule has 15 unspecified atom stereocenters. The Bertz CT molecular complexity index is 2760. The van der Waals surface area contributed by atoms with E-state index in [1.165, 1.54) is 31.7 Å². The van der Waals surface area contributed by atoms with Crippen molar-refractivity contribution in [3.05, 3.63) is 47.7 Å². The summed E-state index contributed by atoms with van der Waals surface area (Å²) in [4.78, 5) is 184. The Morgan fingerprint density at radius 2 is 1.27 bits per heavy atom. The first-order valence-electron chi connectivity index (χ1n) is 32.1. The highest BCUT2D eigenvalue weighted by molar-refractivity contribution is 6.02. The molecule has 14 N–H and O–H groups in total. The molecular formula is C64H103N13O15. The van der Waals surface area contributed by atoms with Gasteiger partial charge in [0.2, 0.25) is 65.5 Å². The summed E-state index contributed by atoms with van der Waals surface area (Å²) in [6.45, 7) is 24.3. The molecule has 0 aliphatic carbocycles. The Hall–Kier alpha value is -8.01. The van der Waals surface area contributed by atoms with E-state index < -0.39 is 185 Å². The van der Waals surface area contributed by atoms with Crippen LogP contribution in [0.4, 0.5) is 0 Å². The molecule has 2 fully saturated rings. The normalized spacial score (nSPS) is 23.6. The van der Waals surface area contributed by atoms with E-state index in [-0.39, 0.29) is 57.3 Å². The van der Waals surface area contributed by atoms with Gasteiger partial charge < -0.3 is 79.0 Å². The van der Waals surface area contributed by atoms with Crippen molar-refractivity contribution in [2.45, 2.75) is 227 Å². The van der Waals surface area contributed by atoms with Crippen LogP contribution in [0.3, 0.4) is 0 Å². The predicted molar refractivity (Wildman–Crippen MR) is 341 cm³/mol. The van der Waals surface area contributed by atoms with Crippen molar-refractivity contribution in [2.75, 3.05) is 13.1 Å². The van der Waals surface area contributed by atoms with E-state index in [1.807, 2.05) is 0 Å². The maximum atomic E-state index is 15.0. The van der Waals surface area contributed by atoms with Crippen LogP contribution in [-0.2, 0) is 73.5 Å². The molecule has 0 saturated carbocycles. The van der Waals surface area contributed by atoms with Crippen LogP contribution in [0.2, 0.25) is 0 Å². The number of likely N-dealkylation sites (tertiary alicyclic amines) is 1. The van der Waals surface area contributed by atoms with Crippen LogP contribution >= 0.6 is 0 Å². The highest BCUT2D eigenvalue weighted by atomic mass is 16.5. The number of cyclic esters (lactones) is 1. The second kappa shape index (κ2) is 37.5. The van der Waals surface area contributed by atoms with Gasteiger partial charge in [0.15, 0.2) is 0 Å². The first-order valence-corrected chi connectivity index (χ1v) is 32.1. The smallest absolute Gasteiger partial charge is 0.329 e. The van der Waals surface area contributed by atoms with Crippen LogP contribution in [0.1, 0.15) is 148 Å². The molecule has 3 rings (SSSR count). The van der Waals surface area contributed by atoms with E-state index in [9.17, 15) is 67.4 Å². The van der Waals surface area contributed by atoms with Gasteiger partial charge in [0.05, 0.1) is 6.10 Å². The minimum Gasteiger partial charge on any atom is -0.458 e. The lowest BCUT2D eigenvalue weighted by molar-refractivity contribution is -0.157. The minimum atomic E-state index is -1.81. The third-order valence-electron chi connectivity index (χ3n) is 16.8. The lowest BCUT2D eigenvalue weighted by Crippen LogP contribution is -2.64. The summed E-state index contributed by atoms with van der Waals surface area (Å²) in [5.74, 6) is -13.6. The Kier molecular flexibility index (Phi) is 31.9. The Balaban J connectivity index is 2.05. The molecule has 0 spiro atoms. The molecule has 28 nitrogen and oxygen atoms in total. The van der Waals surface area contributed by atoms with Crippen LogP contribution in [0, 0.1) is 35.5 Å². The third kappa shape index (κ3) is 22.4. The van der Waals surface area contributed by atoms with Crippen LogP contribution < -0.4 is 64.2 Å². The Morgan fingerprint density at radius 3 is 1.82 bits per heavy atom. The zero-order valence-electron chi connectivity index (χ0n) is 56.1. The van der Waals surface area contributed by atoms with Crippen LogP contribution in [0.25, 0.3) is 0 Å². The summed E-state index contributed by atoms with van der Waals surface area (Å²) >= 11 is 0. The molecule has 0 bridgehead atoms. The number of ether oxygens (including phenoxy) is 1. The summed E-state index contributed by atoms with van der Waals surface area (Å²) < 4.78 is 5.94. The van der Waals surface area contributed by atoms with Crippen LogP contribution in [0.5, 0.6) is 0 Å². The molecule has 2 saturated heterocycles. The number of hydrogen-bond donors (Lipinski definition) is 13. The number of allylic oxidation sites excluding steroid dienone is 1. The Labute approximate surface area is 540 Å². The van der Waals surface area contributed by atoms with E-state index in [0.29, 0.717) is 18.4 Å². The number of nitrogens with one attached hydrogen (secondary N) is 11.